The Labute approximate surface area is 175 Å². The van der Waals surface area contributed by atoms with Gasteiger partial charge >= 0.3 is 0 Å². The third-order valence-electron chi connectivity index (χ3n) is 4.46. The largest absolute Gasteiger partial charge is 0.359 e. The molecule has 0 radical (unpaired) electrons. The van der Waals surface area contributed by atoms with Crippen molar-refractivity contribution in [3.8, 4) is 0 Å². The zero-order valence-electron chi connectivity index (χ0n) is 17.0. The lowest BCUT2D eigenvalue weighted by atomic mass is 9.93. The third-order valence-corrected chi connectivity index (χ3v) is 4.46. The van der Waals surface area contributed by atoms with E-state index >= 15 is 0 Å². The Morgan fingerprint density at radius 3 is 2.27 bits per heavy atom. The molecule has 1 rings (SSSR count). The van der Waals surface area contributed by atoms with E-state index in [1.54, 1.807) is 7.05 Å². The molecule has 0 aliphatic carbocycles. The van der Waals surface area contributed by atoms with Gasteiger partial charge in [0.15, 0.2) is 5.96 Å². The van der Waals surface area contributed by atoms with Crippen molar-refractivity contribution < 1.29 is 9.59 Å². The predicted octanol–water partition coefficient (Wildman–Crippen LogP) is 1.58. The highest BCUT2D eigenvalue weighted by Gasteiger charge is 2.27. The summed E-state index contributed by atoms with van der Waals surface area (Å²) in [6.07, 6.45) is 1.81. The van der Waals surface area contributed by atoms with Crippen molar-refractivity contribution in [2.45, 2.75) is 53.5 Å². The monoisotopic (exact) mass is 481 g/mol. The first kappa shape index (κ1) is 24.9. The van der Waals surface area contributed by atoms with E-state index in [1.807, 2.05) is 39.5 Å². The molecule has 0 unspecified atom stereocenters. The molecule has 0 spiro atoms. The van der Waals surface area contributed by atoms with E-state index in [0.29, 0.717) is 6.54 Å². The number of nitrogens with zero attached hydrogens (tertiary/aromatic N) is 2. The van der Waals surface area contributed by atoms with Crippen molar-refractivity contribution in [3.05, 3.63) is 0 Å². The summed E-state index contributed by atoms with van der Waals surface area (Å²) in [5.74, 6) is 0.988. The van der Waals surface area contributed by atoms with Crippen LogP contribution in [-0.4, -0.2) is 61.9 Å². The van der Waals surface area contributed by atoms with Gasteiger partial charge in [0.2, 0.25) is 11.8 Å². The minimum Gasteiger partial charge on any atom is -0.359 e. The third kappa shape index (κ3) is 7.67. The van der Waals surface area contributed by atoms with Crippen molar-refractivity contribution in [3.63, 3.8) is 0 Å². The highest BCUT2D eigenvalue weighted by Crippen LogP contribution is 2.16. The van der Waals surface area contributed by atoms with Gasteiger partial charge in [0.25, 0.3) is 0 Å². The average Bonchev–Trinajstić information content (AvgIpc) is 2.59. The van der Waals surface area contributed by atoms with Crippen LogP contribution < -0.4 is 16.0 Å². The molecule has 0 aromatic heterocycles. The van der Waals surface area contributed by atoms with Gasteiger partial charge in [-0.2, -0.15) is 0 Å². The first-order chi connectivity index (χ1) is 11.7. The van der Waals surface area contributed by atoms with Gasteiger partial charge in [0, 0.05) is 38.6 Å². The Kier molecular flexibility index (Phi) is 11.1. The number of nitrogens with one attached hydrogen (secondary N) is 3. The molecule has 0 aromatic carbocycles. The Morgan fingerprint density at radius 2 is 1.81 bits per heavy atom. The van der Waals surface area contributed by atoms with E-state index in [1.165, 1.54) is 0 Å². The zero-order chi connectivity index (χ0) is 19.0. The molecule has 1 aliphatic heterocycles. The van der Waals surface area contributed by atoms with Crippen LogP contribution in [0.5, 0.6) is 0 Å². The summed E-state index contributed by atoms with van der Waals surface area (Å²) in [5.41, 5.74) is -0.551. The molecular formula is C18H36IN5O2. The zero-order valence-corrected chi connectivity index (χ0v) is 19.3. The second-order valence-corrected chi connectivity index (χ2v) is 7.56. The van der Waals surface area contributed by atoms with E-state index in [0.717, 1.165) is 38.4 Å². The number of carbonyl (C=O) groups is 2. The topological polar surface area (TPSA) is 85.8 Å². The van der Waals surface area contributed by atoms with E-state index in [2.05, 4.69) is 20.9 Å². The summed E-state index contributed by atoms with van der Waals surface area (Å²) in [4.78, 5) is 30.5. The van der Waals surface area contributed by atoms with Gasteiger partial charge in [-0.1, -0.05) is 13.8 Å². The van der Waals surface area contributed by atoms with Gasteiger partial charge < -0.3 is 20.9 Å². The number of guanidine groups is 1. The number of aliphatic imine (C=N–C) groups is 1. The summed E-state index contributed by atoms with van der Waals surface area (Å²) in [5, 5.41) is 9.36. The van der Waals surface area contributed by atoms with E-state index in [4.69, 9.17) is 0 Å². The number of hydrogen-bond donors (Lipinski definition) is 3. The van der Waals surface area contributed by atoms with Crippen LogP contribution in [0.2, 0.25) is 0 Å². The van der Waals surface area contributed by atoms with Crippen LogP contribution in [0, 0.1) is 11.3 Å². The Balaban J connectivity index is 0.00000625. The quantitative estimate of drug-likeness (QED) is 0.306. The predicted molar refractivity (Wildman–Crippen MR) is 117 cm³/mol. The lowest BCUT2D eigenvalue weighted by Crippen LogP contribution is -2.50. The van der Waals surface area contributed by atoms with Crippen LogP contribution >= 0.6 is 24.0 Å². The van der Waals surface area contributed by atoms with Gasteiger partial charge in [-0.3, -0.25) is 14.6 Å². The van der Waals surface area contributed by atoms with E-state index < -0.39 is 5.41 Å². The Hall–Kier alpha value is -1.06. The minimum atomic E-state index is -0.551. The maximum absolute atomic E-state index is 12.1. The fourth-order valence-electron chi connectivity index (χ4n) is 2.81. The maximum atomic E-state index is 12.1. The molecule has 2 amide bonds. The average molecular weight is 481 g/mol. The van der Waals surface area contributed by atoms with Crippen molar-refractivity contribution in [1.29, 1.82) is 0 Å². The second-order valence-electron chi connectivity index (χ2n) is 7.56. The number of rotatable bonds is 6. The number of hydrogen-bond acceptors (Lipinski definition) is 3. The van der Waals surface area contributed by atoms with Gasteiger partial charge in [-0.05, 0) is 33.6 Å². The molecule has 1 heterocycles. The molecule has 1 fully saturated rings. The first-order valence-corrected chi connectivity index (χ1v) is 9.27. The Bertz CT molecular complexity index is 486. The van der Waals surface area contributed by atoms with Gasteiger partial charge in [0.05, 0.1) is 12.0 Å². The minimum absolute atomic E-state index is 0. The number of halogens is 1. The Morgan fingerprint density at radius 1 is 1.23 bits per heavy atom. The molecule has 8 heteroatoms. The van der Waals surface area contributed by atoms with Crippen molar-refractivity contribution in [2.75, 3.05) is 33.2 Å². The summed E-state index contributed by atoms with van der Waals surface area (Å²) in [6, 6.07) is 0.289. The smallest absolute Gasteiger partial charge is 0.227 e. The van der Waals surface area contributed by atoms with Crippen molar-refractivity contribution >= 4 is 41.8 Å². The standard InChI is InChI=1S/C18H35N5O2.HI/c1-7-20-17(21-12-18(4,5)16(25)19-6)22-14-8-10-23(11-9-14)15(24)13(2)3;/h13-14H,7-12H2,1-6H3,(H,19,25)(H2,20,21,22);1H. The second kappa shape index (κ2) is 11.6. The molecule has 0 aromatic rings. The molecule has 0 saturated carbocycles. The number of likely N-dealkylation sites (tertiary alicyclic amines) is 1. The normalized spacial score (nSPS) is 16.1. The summed E-state index contributed by atoms with van der Waals surface area (Å²) in [6.45, 7) is 12.4. The van der Waals surface area contributed by atoms with Crippen LogP contribution in [-0.2, 0) is 9.59 Å². The molecule has 0 bridgehead atoms. The fourth-order valence-corrected chi connectivity index (χ4v) is 2.81. The van der Waals surface area contributed by atoms with E-state index in [9.17, 15) is 9.59 Å². The molecular weight excluding hydrogens is 445 g/mol. The first-order valence-electron chi connectivity index (χ1n) is 9.27. The van der Waals surface area contributed by atoms with Crippen LogP contribution in [0.4, 0.5) is 0 Å². The molecule has 26 heavy (non-hydrogen) atoms. The highest BCUT2D eigenvalue weighted by molar-refractivity contribution is 14.0. The molecule has 7 nitrogen and oxygen atoms in total. The molecule has 3 N–H and O–H groups in total. The molecule has 1 saturated heterocycles. The number of amides is 2. The van der Waals surface area contributed by atoms with Crippen LogP contribution in [0.15, 0.2) is 4.99 Å². The van der Waals surface area contributed by atoms with Crippen molar-refractivity contribution in [2.24, 2.45) is 16.3 Å². The lowest BCUT2D eigenvalue weighted by Gasteiger charge is -2.34. The van der Waals surface area contributed by atoms with E-state index in [-0.39, 0.29) is 47.8 Å². The molecule has 152 valence electrons. The molecule has 1 aliphatic rings. The summed E-state index contributed by atoms with van der Waals surface area (Å²) in [7, 11) is 1.64. The summed E-state index contributed by atoms with van der Waals surface area (Å²) < 4.78 is 0. The van der Waals surface area contributed by atoms with Crippen LogP contribution in [0.25, 0.3) is 0 Å². The van der Waals surface area contributed by atoms with Crippen LogP contribution in [0.3, 0.4) is 0 Å². The summed E-state index contributed by atoms with van der Waals surface area (Å²) >= 11 is 0. The van der Waals surface area contributed by atoms with Gasteiger partial charge in [-0.15, -0.1) is 24.0 Å². The maximum Gasteiger partial charge on any atom is 0.227 e. The van der Waals surface area contributed by atoms with Gasteiger partial charge in [-0.25, -0.2) is 0 Å². The fraction of sp³-hybridized carbons (Fsp3) is 0.833. The number of carbonyl (C=O) groups excluding carboxylic acids is 2. The van der Waals surface area contributed by atoms with Gasteiger partial charge in [0.1, 0.15) is 0 Å². The molecule has 0 atom stereocenters. The number of piperidine rings is 1. The van der Waals surface area contributed by atoms with Crippen molar-refractivity contribution in [1.82, 2.24) is 20.9 Å². The highest BCUT2D eigenvalue weighted by atomic mass is 127. The van der Waals surface area contributed by atoms with Crippen LogP contribution in [0.1, 0.15) is 47.5 Å². The SMILES string of the molecule is CCNC(=NCC(C)(C)C(=O)NC)NC1CCN(C(=O)C(C)C)CC1.I. The lowest BCUT2D eigenvalue weighted by molar-refractivity contribution is -0.135.